The summed E-state index contributed by atoms with van der Waals surface area (Å²) in [5.74, 6) is 0.764. The highest BCUT2D eigenvalue weighted by molar-refractivity contribution is 9.10. The van der Waals surface area contributed by atoms with E-state index < -0.39 is 11.8 Å². The summed E-state index contributed by atoms with van der Waals surface area (Å²) in [6.45, 7) is 0.553. The first-order chi connectivity index (χ1) is 10.3. The summed E-state index contributed by atoms with van der Waals surface area (Å²) in [6, 6.07) is 5.64. The standard InChI is InChI=1S/C15H15BrF3NO2/c16-12-1-2-13-11(6-12)5-10(8-22-13)7-20-4-3-14(21,9-20)15(17,18)19/h1-2,5-6,21H,3-4,7-9H2. The van der Waals surface area contributed by atoms with Gasteiger partial charge in [0, 0.05) is 29.7 Å². The molecule has 1 saturated heterocycles. The van der Waals surface area contributed by atoms with E-state index in [1.807, 2.05) is 24.3 Å². The van der Waals surface area contributed by atoms with Gasteiger partial charge in [0.15, 0.2) is 5.60 Å². The van der Waals surface area contributed by atoms with Crippen LogP contribution in [0.4, 0.5) is 13.2 Å². The number of β-amino-alcohol motifs (C(OH)–C–C–N with tert-alkyl or cyclic N) is 1. The molecule has 1 fully saturated rings. The SMILES string of the molecule is OC1(C(F)(F)F)CCN(CC2=Cc3cc(Br)ccc3OC2)C1. The third-order valence-corrected chi connectivity index (χ3v) is 4.52. The fraction of sp³-hybridized carbons (Fsp3) is 0.467. The summed E-state index contributed by atoms with van der Waals surface area (Å²) in [6.07, 6.45) is -2.93. The highest BCUT2D eigenvalue weighted by atomic mass is 79.9. The lowest BCUT2D eigenvalue weighted by molar-refractivity contribution is -0.253. The average Bonchev–Trinajstić information content (AvgIpc) is 2.80. The van der Waals surface area contributed by atoms with Crippen LogP contribution in [0.25, 0.3) is 6.08 Å². The molecule has 0 radical (unpaired) electrons. The smallest absolute Gasteiger partial charge is 0.418 e. The Morgan fingerprint density at radius 3 is 2.82 bits per heavy atom. The summed E-state index contributed by atoms with van der Waals surface area (Å²) in [5.41, 5.74) is -0.790. The van der Waals surface area contributed by atoms with Crippen molar-refractivity contribution in [1.29, 1.82) is 0 Å². The maximum absolute atomic E-state index is 12.8. The second kappa shape index (κ2) is 5.54. The molecule has 2 aliphatic heterocycles. The molecule has 1 unspecified atom stereocenters. The monoisotopic (exact) mass is 377 g/mol. The van der Waals surface area contributed by atoms with Crippen LogP contribution < -0.4 is 4.74 Å². The number of ether oxygens (including phenoxy) is 1. The molecule has 2 aliphatic rings. The largest absolute Gasteiger partial charge is 0.489 e. The fourth-order valence-electron chi connectivity index (χ4n) is 2.81. The number of nitrogens with zero attached hydrogens (tertiary/aromatic N) is 1. The van der Waals surface area contributed by atoms with Gasteiger partial charge in [-0.1, -0.05) is 15.9 Å². The molecule has 1 N–H and O–H groups in total. The molecular formula is C15H15BrF3NO2. The van der Waals surface area contributed by atoms with E-state index in [2.05, 4.69) is 15.9 Å². The molecule has 0 saturated carbocycles. The van der Waals surface area contributed by atoms with Crippen molar-refractivity contribution in [3.63, 3.8) is 0 Å². The van der Waals surface area contributed by atoms with Gasteiger partial charge in [0.05, 0.1) is 0 Å². The minimum absolute atomic E-state index is 0.221. The van der Waals surface area contributed by atoms with E-state index in [9.17, 15) is 18.3 Å². The number of benzene rings is 1. The Morgan fingerprint density at radius 2 is 2.14 bits per heavy atom. The van der Waals surface area contributed by atoms with Crippen molar-refractivity contribution in [3.05, 3.63) is 33.8 Å². The molecule has 1 atom stereocenters. The zero-order valence-corrected chi connectivity index (χ0v) is 13.2. The number of alkyl halides is 3. The van der Waals surface area contributed by atoms with Crippen LogP contribution in [-0.2, 0) is 0 Å². The number of rotatable bonds is 2. The lowest BCUT2D eigenvalue weighted by Gasteiger charge is -2.27. The van der Waals surface area contributed by atoms with Crippen molar-refractivity contribution >= 4 is 22.0 Å². The Hall–Kier alpha value is -1.05. The zero-order chi connectivity index (χ0) is 16.0. The Labute approximate surface area is 134 Å². The van der Waals surface area contributed by atoms with E-state index in [0.29, 0.717) is 13.2 Å². The number of fused-ring (bicyclic) bond motifs is 1. The van der Waals surface area contributed by atoms with Crippen molar-refractivity contribution in [1.82, 2.24) is 4.90 Å². The van der Waals surface area contributed by atoms with Gasteiger partial charge < -0.3 is 9.84 Å². The molecule has 2 heterocycles. The van der Waals surface area contributed by atoms with Gasteiger partial charge >= 0.3 is 6.18 Å². The molecule has 0 aliphatic carbocycles. The molecule has 3 nitrogen and oxygen atoms in total. The predicted octanol–water partition coefficient (Wildman–Crippen LogP) is 3.22. The van der Waals surface area contributed by atoms with E-state index in [4.69, 9.17) is 4.74 Å². The van der Waals surface area contributed by atoms with E-state index >= 15 is 0 Å². The Balaban J connectivity index is 1.71. The van der Waals surface area contributed by atoms with Crippen LogP contribution in [-0.4, -0.2) is 48.0 Å². The van der Waals surface area contributed by atoms with Gasteiger partial charge in [-0.05, 0) is 36.3 Å². The normalized spacial score (nSPS) is 25.6. The first-order valence-corrected chi connectivity index (χ1v) is 7.69. The molecule has 7 heteroatoms. The van der Waals surface area contributed by atoms with Crippen LogP contribution in [0.3, 0.4) is 0 Å². The summed E-state index contributed by atoms with van der Waals surface area (Å²) < 4.78 is 45.0. The fourth-order valence-corrected chi connectivity index (χ4v) is 3.19. The number of halogens is 4. The van der Waals surface area contributed by atoms with Crippen LogP contribution in [0.1, 0.15) is 12.0 Å². The lowest BCUT2D eigenvalue weighted by Crippen LogP contribution is -2.47. The maximum atomic E-state index is 12.8. The highest BCUT2D eigenvalue weighted by Crippen LogP contribution is 2.38. The van der Waals surface area contributed by atoms with Crippen LogP contribution in [0.2, 0.25) is 0 Å². The van der Waals surface area contributed by atoms with Gasteiger partial charge in [-0.2, -0.15) is 13.2 Å². The second-order valence-corrected chi connectivity index (χ2v) is 6.68. The zero-order valence-electron chi connectivity index (χ0n) is 11.7. The van der Waals surface area contributed by atoms with Crippen molar-refractivity contribution in [2.75, 3.05) is 26.2 Å². The van der Waals surface area contributed by atoms with Gasteiger partial charge in [0.1, 0.15) is 12.4 Å². The molecule has 0 aromatic heterocycles. The quantitative estimate of drug-likeness (QED) is 0.858. The topological polar surface area (TPSA) is 32.7 Å². The van der Waals surface area contributed by atoms with Crippen molar-refractivity contribution < 1.29 is 23.0 Å². The molecule has 0 amide bonds. The molecule has 3 rings (SSSR count). The third-order valence-electron chi connectivity index (χ3n) is 4.03. The molecule has 1 aromatic rings. The van der Waals surface area contributed by atoms with Crippen LogP contribution in [0.5, 0.6) is 5.75 Å². The Morgan fingerprint density at radius 1 is 1.36 bits per heavy atom. The summed E-state index contributed by atoms with van der Waals surface area (Å²) >= 11 is 3.38. The van der Waals surface area contributed by atoms with E-state index in [-0.39, 0.29) is 19.5 Å². The molecule has 0 bridgehead atoms. The number of hydrogen-bond acceptors (Lipinski definition) is 3. The summed E-state index contributed by atoms with van der Waals surface area (Å²) in [7, 11) is 0. The molecule has 120 valence electrons. The van der Waals surface area contributed by atoms with Crippen LogP contribution >= 0.6 is 15.9 Å². The van der Waals surface area contributed by atoms with E-state index in [0.717, 1.165) is 21.4 Å². The Bertz CT molecular complexity index is 617. The minimum Gasteiger partial charge on any atom is -0.489 e. The number of likely N-dealkylation sites (tertiary alicyclic amines) is 1. The molecule has 0 spiro atoms. The van der Waals surface area contributed by atoms with Crippen molar-refractivity contribution in [2.45, 2.75) is 18.2 Å². The summed E-state index contributed by atoms with van der Waals surface area (Å²) in [5, 5.41) is 9.70. The van der Waals surface area contributed by atoms with Gasteiger partial charge in [-0.15, -0.1) is 0 Å². The third kappa shape index (κ3) is 3.02. The van der Waals surface area contributed by atoms with Crippen LogP contribution in [0, 0.1) is 0 Å². The first-order valence-electron chi connectivity index (χ1n) is 6.90. The molecule has 1 aromatic carbocycles. The lowest BCUT2D eigenvalue weighted by atomic mass is 10.0. The van der Waals surface area contributed by atoms with Crippen molar-refractivity contribution in [2.24, 2.45) is 0 Å². The molecular weight excluding hydrogens is 363 g/mol. The number of hydrogen-bond donors (Lipinski definition) is 1. The van der Waals surface area contributed by atoms with Gasteiger partial charge in [0.25, 0.3) is 0 Å². The van der Waals surface area contributed by atoms with E-state index in [1.54, 1.807) is 4.90 Å². The predicted molar refractivity (Wildman–Crippen MR) is 79.7 cm³/mol. The molecule has 22 heavy (non-hydrogen) atoms. The maximum Gasteiger partial charge on any atom is 0.418 e. The number of aliphatic hydroxyl groups is 1. The Kier molecular flexibility index (Phi) is 3.99. The first kappa shape index (κ1) is 15.8. The van der Waals surface area contributed by atoms with Gasteiger partial charge in [-0.3, -0.25) is 4.90 Å². The van der Waals surface area contributed by atoms with Crippen molar-refractivity contribution in [3.8, 4) is 5.75 Å². The highest BCUT2D eigenvalue weighted by Gasteiger charge is 2.56. The average molecular weight is 378 g/mol. The van der Waals surface area contributed by atoms with Gasteiger partial charge in [0.2, 0.25) is 0 Å². The van der Waals surface area contributed by atoms with Gasteiger partial charge in [-0.25, -0.2) is 0 Å². The summed E-state index contributed by atoms with van der Waals surface area (Å²) in [4.78, 5) is 1.62. The minimum atomic E-state index is -4.59. The second-order valence-electron chi connectivity index (χ2n) is 5.76. The van der Waals surface area contributed by atoms with Crippen LogP contribution in [0.15, 0.2) is 28.2 Å². The van der Waals surface area contributed by atoms with E-state index in [1.165, 1.54) is 0 Å².